The lowest BCUT2D eigenvalue weighted by Crippen LogP contribution is -1.86. The Morgan fingerprint density at radius 1 is 1.32 bits per heavy atom. The largest absolute Gasteiger partial charge is 0.504 e. The van der Waals surface area contributed by atoms with Gasteiger partial charge in [0.25, 0.3) is 0 Å². The smallest absolute Gasteiger partial charge is 0.195 e. The Hall–Kier alpha value is -2.54. The molecule has 7 heteroatoms. The Kier molecular flexibility index (Phi) is 3.97. The summed E-state index contributed by atoms with van der Waals surface area (Å²) in [6, 6.07) is 5.15. The number of aromatic nitrogens is 2. The quantitative estimate of drug-likeness (QED) is 0.738. The first kappa shape index (κ1) is 14.4. The highest BCUT2D eigenvalue weighted by Crippen LogP contribution is 2.31. The molecule has 2 aromatic heterocycles. The summed E-state index contributed by atoms with van der Waals surface area (Å²) in [5.74, 6) is 1.10. The fraction of sp³-hybridized carbons (Fsp3) is 0.200. The Morgan fingerprint density at radius 3 is 2.95 bits per heavy atom. The number of fused-ring (bicyclic) bond motifs is 1. The normalized spacial score (nSPS) is 11.4. The van der Waals surface area contributed by atoms with E-state index in [4.69, 9.17) is 4.74 Å². The van der Waals surface area contributed by atoms with Crippen molar-refractivity contribution in [2.75, 3.05) is 7.11 Å². The molecule has 0 saturated heterocycles. The summed E-state index contributed by atoms with van der Waals surface area (Å²) in [5, 5.41) is 20.1. The number of benzene rings is 1. The number of methoxy groups -OCH3 is 1. The highest BCUT2D eigenvalue weighted by Gasteiger charge is 2.07. The zero-order valence-corrected chi connectivity index (χ0v) is 13.0. The highest BCUT2D eigenvalue weighted by atomic mass is 32.1. The van der Waals surface area contributed by atoms with Crippen molar-refractivity contribution < 1.29 is 9.84 Å². The third kappa shape index (κ3) is 2.75. The summed E-state index contributed by atoms with van der Waals surface area (Å²) in [6.45, 7) is 2.36. The van der Waals surface area contributed by atoms with Crippen molar-refractivity contribution in [3.05, 3.63) is 41.0 Å². The number of nitrogens with zero attached hydrogens (tertiary/aromatic N) is 4. The fourth-order valence-corrected chi connectivity index (χ4v) is 2.98. The number of aromatic hydroxyl groups is 1. The van der Waals surface area contributed by atoms with Gasteiger partial charge < -0.3 is 9.84 Å². The lowest BCUT2D eigenvalue weighted by Gasteiger charge is -2.03. The van der Waals surface area contributed by atoms with Crippen LogP contribution in [0.2, 0.25) is 0 Å². The maximum Gasteiger partial charge on any atom is 0.195 e. The molecular formula is C15H14N4O2S. The molecule has 112 valence electrons. The molecule has 2 heterocycles. The second-order valence-corrected chi connectivity index (χ2v) is 5.58. The van der Waals surface area contributed by atoms with Gasteiger partial charge in [0.2, 0.25) is 0 Å². The first-order chi connectivity index (χ1) is 10.7. The van der Waals surface area contributed by atoms with Gasteiger partial charge in [-0.3, -0.25) is 0 Å². The van der Waals surface area contributed by atoms with Crippen LogP contribution in [0.5, 0.6) is 11.5 Å². The van der Waals surface area contributed by atoms with Gasteiger partial charge in [0, 0.05) is 0 Å². The van der Waals surface area contributed by atoms with Crippen LogP contribution in [0.25, 0.3) is 10.2 Å². The molecule has 1 aromatic carbocycles. The molecule has 0 aliphatic rings. The van der Waals surface area contributed by atoms with Crippen molar-refractivity contribution >= 4 is 27.4 Å². The van der Waals surface area contributed by atoms with Crippen molar-refractivity contribution in [3.8, 4) is 11.5 Å². The topological polar surface area (TPSA) is 80.0 Å². The van der Waals surface area contributed by atoms with E-state index in [-0.39, 0.29) is 5.75 Å². The van der Waals surface area contributed by atoms with Crippen LogP contribution in [0.1, 0.15) is 11.1 Å². The number of thiophene rings is 1. The maximum atomic E-state index is 9.74. The summed E-state index contributed by atoms with van der Waals surface area (Å²) in [5.41, 5.74) is 2.87. The zero-order chi connectivity index (χ0) is 15.5. The molecule has 0 aliphatic heterocycles. The van der Waals surface area contributed by atoms with E-state index in [9.17, 15) is 5.11 Å². The Bertz CT molecular complexity index is 845. The average Bonchev–Trinajstić information content (AvgIpc) is 2.90. The maximum absolute atomic E-state index is 9.74. The second-order valence-electron chi connectivity index (χ2n) is 4.70. The first-order valence-electron chi connectivity index (χ1n) is 6.61. The summed E-state index contributed by atoms with van der Waals surface area (Å²) in [6.07, 6.45) is 1.50. The fourth-order valence-electron chi connectivity index (χ4n) is 2.05. The standard InChI is InChI=1S/C15H14N4O2S/c1-9-7-22-14-13(9)16-8-17-15(14)19-18-6-10-3-4-12(21-2)11(20)5-10/h3-5,7-8,20H,6H2,1-2H3. The molecule has 0 aliphatic carbocycles. The molecule has 0 unspecified atom stereocenters. The van der Waals surface area contributed by atoms with Crippen molar-refractivity contribution in [2.24, 2.45) is 10.2 Å². The van der Waals surface area contributed by atoms with Crippen molar-refractivity contribution in [1.82, 2.24) is 9.97 Å². The number of phenolic OH excluding ortho intramolecular Hbond substituents is 1. The second kappa shape index (κ2) is 6.07. The number of ether oxygens (including phenoxy) is 1. The minimum Gasteiger partial charge on any atom is -0.504 e. The monoisotopic (exact) mass is 314 g/mol. The molecule has 3 rings (SSSR count). The van der Waals surface area contributed by atoms with E-state index in [0.29, 0.717) is 18.1 Å². The van der Waals surface area contributed by atoms with Gasteiger partial charge in [-0.25, -0.2) is 9.97 Å². The lowest BCUT2D eigenvalue weighted by atomic mass is 10.2. The number of azo groups is 1. The van der Waals surface area contributed by atoms with Crippen LogP contribution < -0.4 is 4.74 Å². The van der Waals surface area contributed by atoms with Gasteiger partial charge in [-0.2, -0.15) is 5.11 Å². The molecule has 6 nitrogen and oxygen atoms in total. The van der Waals surface area contributed by atoms with Crippen LogP contribution in [0.4, 0.5) is 5.82 Å². The number of phenols is 1. The van der Waals surface area contributed by atoms with Crippen LogP contribution >= 0.6 is 11.3 Å². The molecule has 0 amide bonds. The first-order valence-corrected chi connectivity index (χ1v) is 7.49. The predicted molar refractivity (Wildman–Crippen MR) is 85.0 cm³/mol. The molecule has 3 aromatic rings. The minimum atomic E-state index is 0.0912. The Morgan fingerprint density at radius 2 is 2.18 bits per heavy atom. The molecule has 1 N–H and O–H groups in total. The van der Waals surface area contributed by atoms with Crippen LogP contribution in [0, 0.1) is 6.92 Å². The predicted octanol–water partition coefficient (Wildman–Crippen LogP) is 4.00. The minimum absolute atomic E-state index is 0.0912. The summed E-state index contributed by atoms with van der Waals surface area (Å²) >= 11 is 1.56. The van der Waals surface area contributed by atoms with E-state index in [2.05, 4.69) is 20.2 Å². The van der Waals surface area contributed by atoms with Gasteiger partial charge in [0.15, 0.2) is 17.3 Å². The average molecular weight is 314 g/mol. The van der Waals surface area contributed by atoms with E-state index in [1.54, 1.807) is 23.5 Å². The van der Waals surface area contributed by atoms with Gasteiger partial charge in [-0.05, 0) is 35.6 Å². The Labute approximate surface area is 131 Å². The van der Waals surface area contributed by atoms with Gasteiger partial charge in [0.1, 0.15) is 6.33 Å². The van der Waals surface area contributed by atoms with E-state index >= 15 is 0 Å². The SMILES string of the molecule is COc1ccc(CN=Nc2ncnc3c(C)csc23)cc1O. The molecule has 0 fully saturated rings. The lowest BCUT2D eigenvalue weighted by molar-refractivity contribution is 0.373. The van der Waals surface area contributed by atoms with E-state index in [1.807, 2.05) is 18.4 Å². The molecule has 0 saturated carbocycles. The van der Waals surface area contributed by atoms with E-state index in [0.717, 1.165) is 21.3 Å². The number of rotatable bonds is 4. The van der Waals surface area contributed by atoms with Crippen LogP contribution in [0.15, 0.2) is 40.1 Å². The molecule has 0 spiro atoms. The van der Waals surface area contributed by atoms with E-state index in [1.165, 1.54) is 13.4 Å². The highest BCUT2D eigenvalue weighted by molar-refractivity contribution is 7.17. The molecule has 0 radical (unpaired) electrons. The van der Waals surface area contributed by atoms with Crippen molar-refractivity contribution in [1.29, 1.82) is 0 Å². The third-order valence-electron chi connectivity index (χ3n) is 3.17. The van der Waals surface area contributed by atoms with Crippen molar-refractivity contribution in [3.63, 3.8) is 0 Å². The number of hydrogen-bond acceptors (Lipinski definition) is 7. The Balaban J connectivity index is 1.80. The molecule has 0 bridgehead atoms. The van der Waals surface area contributed by atoms with Gasteiger partial charge in [0.05, 0.1) is 23.9 Å². The van der Waals surface area contributed by atoms with Crippen LogP contribution in [-0.2, 0) is 6.54 Å². The summed E-state index contributed by atoms with van der Waals surface area (Å²) in [4.78, 5) is 8.41. The van der Waals surface area contributed by atoms with Gasteiger partial charge in [-0.1, -0.05) is 6.07 Å². The van der Waals surface area contributed by atoms with Crippen LogP contribution in [-0.4, -0.2) is 22.2 Å². The number of aryl methyl sites for hydroxylation is 1. The molecule has 22 heavy (non-hydrogen) atoms. The van der Waals surface area contributed by atoms with Crippen LogP contribution in [0.3, 0.4) is 0 Å². The molecular weight excluding hydrogens is 300 g/mol. The third-order valence-corrected chi connectivity index (χ3v) is 4.26. The summed E-state index contributed by atoms with van der Waals surface area (Å²) in [7, 11) is 1.51. The number of hydrogen-bond donors (Lipinski definition) is 1. The van der Waals surface area contributed by atoms with Crippen molar-refractivity contribution in [2.45, 2.75) is 13.5 Å². The molecule has 0 atom stereocenters. The summed E-state index contributed by atoms with van der Waals surface area (Å²) < 4.78 is 5.94. The van der Waals surface area contributed by atoms with E-state index < -0.39 is 0 Å². The van der Waals surface area contributed by atoms with Gasteiger partial charge >= 0.3 is 0 Å². The van der Waals surface area contributed by atoms with Gasteiger partial charge in [-0.15, -0.1) is 16.5 Å². The zero-order valence-electron chi connectivity index (χ0n) is 12.1.